The van der Waals surface area contributed by atoms with E-state index in [1.165, 1.54) is 11.3 Å². The molecule has 3 nitrogen and oxygen atoms in total. The van der Waals surface area contributed by atoms with Gasteiger partial charge in [0, 0.05) is 38.8 Å². The minimum absolute atomic E-state index is 0.00796. The van der Waals surface area contributed by atoms with Gasteiger partial charge in [0.25, 0.3) is 0 Å². The first-order chi connectivity index (χ1) is 12.1. The molecule has 2 atom stereocenters. The van der Waals surface area contributed by atoms with Crippen LogP contribution in [0.4, 0.5) is 5.00 Å². The standard InChI is InChI=1S/C21H25NO2S/c1-22(2)21-13-12-20(25-21)19(24)14-17(15-8-4-3-5-9-15)16-10-6-7-11-18(16)23/h3-5,8-9,12-13,16-17H,6-7,10-11,14H2,1-2H3/t16-,17+/m1/s1. The Morgan fingerprint density at radius 3 is 2.56 bits per heavy atom. The Morgan fingerprint density at radius 1 is 1.16 bits per heavy atom. The number of benzene rings is 1. The Morgan fingerprint density at radius 2 is 1.92 bits per heavy atom. The lowest BCUT2D eigenvalue weighted by Gasteiger charge is -2.29. The molecule has 0 N–H and O–H groups in total. The Kier molecular flexibility index (Phi) is 5.69. The number of ketones is 2. The van der Waals surface area contributed by atoms with Crippen molar-refractivity contribution in [3.8, 4) is 0 Å². The van der Waals surface area contributed by atoms with E-state index in [-0.39, 0.29) is 17.6 Å². The minimum Gasteiger partial charge on any atom is -0.370 e. The molecule has 1 aliphatic rings. The van der Waals surface area contributed by atoms with E-state index in [1.54, 1.807) is 0 Å². The summed E-state index contributed by atoms with van der Waals surface area (Å²) in [5.41, 5.74) is 1.11. The average Bonchev–Trinajstić information content (AvgIpc) is 3.12. The zero-order chi connectivity index (χ0) is 17.8. The molecule has 0 aliphatic heterocycles. The van der Waals surface area contributed by atoms with Crippen molar-refractivity contribution >= 4 is 27.9 Å². The second kappa shape index (κ2) is 7.96. The van der Waals surface area contributed by atoms with Gasteiger partial charge < -0.3 is 4.90 Å². The van der Waals surface area contributed by atoms with Crippen molar-refractivity contribution in [1.82, 2.24) is 0 Å². The molecule has 1 aliphatic carbocycles. The molecule has 1 heterocycles. The zero-order valence-electron chi connectivity index (χ0n) is 14.9. The van der Waals surface area contributed by atoms with Crippen molar-refractivity contribution in [2.24, 2.45) is 5.92 Å². The fraction of sp³-hybridized carbons (Fsp3) is 0.429. The van der Waals surface area contributed by atoms with Gasteiger partial charge in [-0.05, 0) is 30.5 Å². The molecule has 1 saturated carbocycles. The highest BCUT2D eigenvalue weighted by molar-refractivity contribution is 7.18. The Bertz CT molecular complexity index is 735. The summed E-state index contributed by atoms with van der Waals surface area (Å²) in [6.07, 6.45) is 4.04. The van der Waals surface area contributed by atoms with Crippen LogP contribution < -0.4 is 4.90 Å². The lowest BCUT2D eigenvalue weighted by Crippen LogP contribution is -2.27. The fourth-order valence-electron chi connectivity index (χ4n) is 3.65. The van der Waals surface area contributed by atoms with E-state index < -0.39 is 0 Å². The number of rotatable bonds is 6. The van der Waals surface area contributed by atoms with Crippen LogP contribution in [-0.4, -0.2) is 25.7 Å². The van der Waals surface area contributed by atoms with Crippen LogP contribution in [0.1, 0.15) is 53.3 Å². The molecule has 1 fully saturated rings. The maximum atomic E-state index is 12.9. The van der Waals surface area contributed by atoms with Crippen molar-refractivity contribution in [3.05, 3.63) is 52.9 Å². The predicted molar refractivity (Wildman–Crippen MR) is 104 cm³/mol. The first kappa shape index (κ1) is 17.9. The molecule has 4 heteroatoms. The topological polar surface area (TPSA) is 37.4 Å². The highest BCUT2D eigenvalue weighted by Crippen LogP contribution is 2.38. The lowest BCUT2D eigenvalue weighted by molar-refractivity contribution is -0.125. The number of thiophene rings is 1. The Balaban J connectivity index is 1.84. The SMILES string of the molecule is CN(C)c1ccc(C(=O)C[C@@H](c2ccccc2)[C@H]2CCCCC2=O)s1. The van der Waals surface area contributed by atoms with E-state index in [0.717, 1.165) is 34.7 Å². The van der Waals surface area contributed by atoms with Crippen LogP contribution in [0.25, 0.3) is 0 Å². The third-order valence-electron chi connectivity index (χ3n) is 5.03. The van der Waals surface area contributed by atoms with E-state index in [0.29, 0.717) is 18.6 Å². The summed E-state index contributed by atoms with van der Waals surface area (Å²) in [6, 6.07) is 14.0. The van der Waals surface area contributed by atoms with Gasteiger partial charge in [-0.3, -0.25) is 9.59 Å². The van der Waals surface area contributed by atoms with E-state index in [1.807, 2.05) is 49.3 Å². The molecule has 2 aromatic rings. The van der Waals surface area contributed by atoms with Gasteiger partial charge >= 0.3 is 0 Å². The minimum atomic E-state index is -0.0200. The number of nitrogens with zero attached hydrogens (tertiary/aromatic N) is 1. The van der Waals surface area contributed by atoms with Gasteiger partial charge in [0.05, 0.1) is 9.88 Å². The largest absolute Gasteiger partial charge is 0.370 e. The van der Waals surface area contributed by atoms with Crippen LogP contribution >= 0.6 is 11.3 Å². The van der Waals surface area contributed by atoms with Crippen molar-refractivity contribution in [3.63, 3.8) is 0 Å². The first-order valence-corrected chi connectivity index (χ1v) is 9.76. The fourth-order valence-corrected chi connectivity index (χ4v) is 4.52. The first-order valence-electron chi connectivity index (χ1n) is 8.94. The van der Waals surface area contributed by atoms with Crippen LogP contribution in [0.15, 0.2) is 42.5 Å². The number of carbonyl (C=O) groups is 2. The molecule has 132 valence electrons. The Hall–Kier alpha value is -1.94. The van der Waals surface area contributed by atoms with Gasteiger partial charge in [-0.15, -0.1) is 11.3 Å². The monoisotopic (exact) mass is 355 g/mol. The summed E-state index contributed by atoms with van der Waals surface area (Å²) >= 11 is 1.53. The molecule has 3 rings (SSSR count). The summed E-state index contributed by atoms with van der Waals surface area (Å²) < 4.78 is 0. The summed E-state index contributed by atoms with van der Waals surface area (Å²) in [6.45, 7) is 0. The van der Waals surface area contributed by atoms with Gasteiger partial charge in [0.15, 0.2) is 5.78 Å². The molecule has 1 aromatic carbocycles. The van der Waals surface area contributed by atoms with Gasteiger partial charge in [0.2, 0.25) is 0 Å². The van der Waals surface area contributed by atoms with Crippen molar-refractivity contribution in [2.45, 2.75) is 38.0 Å². The summed E-state index contributed by atoms with van der Waals surface area (Å²) in [4.78, 5) is 28.2. The third-order valence-corrected chi connectivity index (χ3v) is 6.32. The summed E-state index contributed by atoms with van der Waals surface area (Å²) in [5, 5.41) is 1.08. The molecular formula is C21H25NO2S. The van der Waals surface area contributed by atoms with E-state index in [2.05, 4.69) is 12.1 Å². The average molecular weight is 356 g/mol. The van der Waals surface area contributed by atoms with Gasteiger partial charge in [-0.2, -0.15) is 0 Å². The molecular weight excluding hydrogens is 330 g/mol. The lowest BCUT2D eigenvalue weighted by atomic mass is 9.74. The van der Waals surface area contributed by atoms with Crippen molar-refractivity contribution in [1.29, 1.82) is 0 Å². The second-order valence-electron chi connectivity index (χ2n) is 7.00. The van der Waals surface area contributed by atoms with E-state index in [4.69, 9.17) is 0 Å². The van der Waals surface area contributed by atoms with Crippen LogP contribution in [0.5, 0.6) is 0 Å². The number of carbonyl (C=O) groups excluding carboxylic acids is 2. The van der Waals surface area contributed by atoms with Crippen molar-refractivity contribution in [2.75, 3.05) is 19.0 Å². The van der Waals surface area contributed by atoms with E-state index >= 15 is 0 Å². The van der Waals surface area contributed by atoms with Crippen LogP contribution in [0.3, 0.4) is 0 Å². The number of Topliss-reactive ketones (excluding diaryl/α,β-unsaturated/α-hetero) is 2. The highest BCUT2D eigenvalue weighted by Gasteiger charge is 2.33. The normalized spacial score (nSPS) is 18.8. The zero-order valence-corrected chi connectivity index (χ0v) is 15.7. The van der Waals surface area contributed by atoms with Crippen LogP contribution in [0, 0.1) is 5.92 Å². The maximum absolute atomic E-state index is 12.9. The molecule has 25 heavy (non-hydrogen) atoms. The molecule has 0 unspecified atom stereocenters. The van der Waals surface area contributed by atoms with E-state index in [9.17, 15) is 9.59 Å². The summed E-state index contributed by atoms with van der Waals surface area (Å²) in [7, 11) is 3.96. The molecule has 0 saturated heterocycles. The van der Waals surface area contributed by atoms with Crippen molar-refractivity contribution < 1.29 is 9.59 Å². The van der Waals surface area contributed by atoms with Crippen LogP contribution in [0.2, 0.25) is 0 Å². The maximum Gasteiger partial charge on any atom is 0.173 e. The number of hydrogen-bond donors (Lipinski definition) is 0. The van der Waals surface area contributed by atoms with Gasteiger partial charge in [-0.25, -0.2) is 0 Å². The second-order valence-corrected chi connectivity index (χ2v) is 8.06. The van der Waals surface area contributed by atoms with Crippen LogP contribution in [-0.2, 0) is 4.79 Å². The van der Waals surface area contributed by atoms with Gasteiger partial charge in [-0.1, -0.05) is 36.8 Å². The predicted octanol–water partition coefficient (Wildman–Crippen LogP) is 4.93. The quantitative estimate of drug-likeness (QED) is 0.690. The number of hydrogen-bond acceptors (Lipinski definition) is 4. The molecule has 0 spiro atoms. The molecule has 1 aromatic heterocycles. The molecule has 0 amide bonds. The molecule has 0 radical (unpaired) electrons. The number of anilines is 1. The smallest absolute Gasteiger partial charge is 0.173 e. The Labute approximate surface area is 153 Å². The van der Waals surface area contributed by atoms with Gasteiger partial charge in [0.1, 0.15) is 5.78 Å². The molecule has 0 bridgehead atoms. The highest BCUT2D eigenvalue weighted by atomic mass is 32.1. The third kappa shape index (κ3) is 4.18. The summed E-state index contributed by atoms with van der Waals surface area (Å²) in [5.74, 6) is 0.443.